The van der Waals surface area contributed by atoms with Gasteiger partial charge in [0.2, 0.25) is 5.91 Å². The number of aromatic nitrogens is 2. The molecular formula is C18H18ClN3O2S2. The van der Waals surface area contributed by atoms with Gasteiger partial charge in [-0.2, -0.15) is 0 Å². The SMILES string of the molecule is Cc1noc(C)c1CSCC(=O)Nc1ncc(Cc2ccccc2Cl)s1. The van der Waals surface area contributed by atoms with E-state index in [4.69, 9.17) is 16.1 Å². The van der Waals surface area contributed by atoms with Crippen molar-refractivity contribution in [3.05, 3.63) is 62.9 Å². The maximum absolute atomic E-state index is 12.1. The van der Waals surface area contributed by atoms with E-state index >= 15 is 0 Å². The molecule has 0 aliphatic carbocycles. The minimum Gasteiger partial charge on any atom is -0.361 e. The van der Waals surface area contributed by atoms with E-state index in [9.17, 15) is 4.79 Å². The highest BCUT2D eigenvalue weighted by Crippen LogP contribution is 2.25. The van der Waals surface area contributed by atoms with E-state index in [0.29, 0.717) is 23.1 Å². The second-order valence-corrected chi connectivity index (χ2v) is 8.25. The Kier molecular flexibility index (Phi) is 6.34. The lowest BCUT2D eigenvalue weighted by atomic mass is 10.1. The van der Waals surface area contributed by atoms with Crippen molar-refractivity contribution in [2.75, 3.05) is 11.1 Å². The van der Waals surface area contributed by atoms with Gasteiger partial charge in [0, 0.05) is 33.8 Å². The smallest absolute Gasteiger partial charge is 0.236 e. The minimum absolute atomic E-state index is 0.0691. The van der Waals surface area contributed by atoms with E-state index in [1.807, 2.05) is 38.1 Å². The first kappa shape index (κ1) is 18.9. The number of thiazole rings is 1. The Morgan fingerprint density at radius 3 is 2.88 bits per heavy atom. The molecule has 1 aromatic carbocycles. The minimum atomic E-state index is -0.0691. The number of nitrogens with zero attached hydrogens (tertiary/aromatic N) is 2. The van der Waals surface area contributed by atoms with Crippen molar-refractivity contribution in [2.24, 2.45) is 0 Å². The third-order valence-corrected chi connectivity index (χ3v) is 6.02. The van der Waals surface area contributed by atoms with Crippen molar-refractivity contribution in [1.29, 1.82) is 0 Å². The summed E-state index contributed by atoms with van der Waals surface area (Å²) in [5.41, 5.74) is 2.98. The van der Waals surface area contributed by atoms with Gasteiger partial charge in [-0.25, -0.2) is 4.98 Å². The molecule has 0 aliphatic rings. The lowest BCUT2D eigenvalue weighted by Crippen LogP contribution is -2.13. The molecule has 136 valence electrons. The zero-order chi connectivity index (χ0) is 18.5. The number of halogens is 1. The van der Waals surface area contributed by atoms with Gasteiger partial charge in [0.15, 0.2) is 5.13 Å². The second kappa shape index (κ2) is 8.70. The predicted molar refractivity (Wildman–Crippen MR) is 107 cm³/mol. The van der Waals surface area contributed by atoms with E-state index in [0.717, 1.165) is 32.5 Å². The molecule has 0 radical (unpaired) electrons. The number of carbonyl (C=O) groups is 1. The summed E-state index contributed by atoms with van der Waals surface area (Å²) in [7, 11) is 0. The zero-order valence-electron chi connectivity index (χ0n) is 14.4. The largest absolute Gasteiger partial charge is 0.361 e. The zero-order valence-corrected chi connectivity index (χ0v) is 16.8. The summed E-state index contributed by atoms with van der Waals surface area (Å²) in [6.07, 6.45) is 2.48. The standard InChI is InChI=1S/C18H18ClN3O2S2/c1-11-15(12(2)24-22-11)9-25-10-17(23)21-18-20-8-14(26-18)7-13-5-3-4-6-16(13)19/h3-6,8H,7,9-10H2,1-2H3,(H,20,21,23). The topological polar surface area (TPSA) is 68.0 Å². The molecule has 1 amide bonds. The summed E-state index contributed by atoms with van der Waals surface area (Å²) in [5.74, 6) is 1.79. The van der Waals surface area contributed by atoms with Crippen LogP contribution in [0.2, 0.25) is 5.02 Å². The summed E-state index contributed by atoms with van der Waals surface area (Å²) in [4.78, 5) is 17.4. The second-order valence-electron chi connectivity index (χ2n) is 5.74. The fourth-order valence-electron chi connectivity index (χ4n) is 2.39. The van der Waals surface area contributed by atoms with Crippen molar-refractivity contribution in [3.8, 4) is 0 Å². The fraction of sp³-hybridized carbons (Fsp3) is 0.278. The Balaban J connectivity index is 1.49. The van der Waals surface area contributed by atoms with Gasteiger partial charge in [0.1, 0.15) is 5.76 Å². The molecule has 3 rings (SSSR count). The molecule has 0 saturated heterocycles. The number of hydrogen-bond donors (Lipinski definition) is 1. The number of thioether (sulfide) groups is 1. The number of amides is 1. The number of benzene rings is 1. The fourth-order valence-corrected chi connectivity index (χ4v) is 4.42. The predicted octanol–water partition coefficient (Wildman–Crippen LogP) is 4.86. The summed E-state index contributed by atoms with van der Waals surface area (Å²) in [5, 5.41) is 8.11. The molecule has 0 unspecified atom stereocenters. The van der Waals surface area contributed by atoms with Crippen molar-refractivity contribution < 1.29 is 9.32 Å². The summed E-state index contributed by atoms with van der Waals surface area (Å²) >= 11 is 9.18. The highest BCUT2D eigenvalue weighted by Gasteiger charge is 2.12. The summed E-state index contributed by atoms with van der Waals surface area (Å²) in [6.45, 7) is 3.79. The Morgan fingerprint density at radius 1 is 1.35 bits per heavy atom. The van der Waals surface area contributed by atoms with Crippen LogP contribution in [-0.2, 0) is 17.0 Å². The molecule has 0 saturated carbocycles. The first-order chi connectivity index (χ1) is 12.5. The molecular weight excluding hydrogens is 390 g/mol. The molecule has 3 aromatic rings. The number of carbonyl (C=O) groups excluding carboxylic acids is 1. The highest BCUT2D eigenvalue weighted by atomic mass is 35.5. The Hall–Kier alpha value is -1.83. The Morgan fingerprint density at radius 2 is 2.15 bits per heavy atom. The molecule has 2 heterocycles. The quantitative estimate of drug-likeness (QED) is 0.605. The van der Waals surface area contributed by atoms with E-state index in [1.165, 1.54) is 23.1 Å². The molecule has 5 nitrogen and oxygen atoms in total. The maximum atomic E-state index is 12.1. The lowest BCUT2D eigenvalue weighted by molar-refractivity contribution is -0.113. The Labute approximate surface area is 165 Å². The van der Waals surface area contributed by atoms with Crippen molar-refractivity contribution in [1.82, 2.24) is 10.1 Å². The van der Waals surface area contributed by atoms with Gasteiger partial charge in [-0.3, -0.25) is 4.79 Å². The van der Waals surface area contributed by atoms with Gasteiger partial charge in [-0.15, -0.1) is 23.1 Å². The highest BCUT2D eigenvalue weighted by molar-refractivity contribution is 7.99. The number of nitrogens with one attached hydrogen (secondary N) is 1. The van der Waals surface area contributed by atoms with Gasteiger partial charge in [-0.05, 0) is 25.5 Å². The van der Waals surface area contributed by atoms with Crippen LogP contribution < -0.4 is 5.32 Å². The molecule has 0 bridgehead atoms. The summed E-state index contributed by atoms with van der Waals surface area (Å²) < 4.78 is 5.13. The van der Waals surface area contributed by atoms with Crippen LogP contribution in [0.5, 0.6) is 0 Å². The van der Waals surface area contributed by atoms with Crippen LogP contribution in [0, 0.1) is 13.8 Å². The lowest BCUT2D eigenvalue weighted by Gasteiger charge is -2.02. The van der Waals surface area contributed by atoms with Crippen LogP contribution in [0.3, 0.4) is 0 Å². The van der Waals surface area contributed by atoms with E-state index in [2.05, 4.69) is 15.5 Å². The summed E-state index contributed by atoms with van der Waals surface area (Å²) in [6, 6.07) is 7.73. The molecule has 0 spiro atoms. The number of anilines is 1. The van der Waals surface area contributed by atoms with Gasteiger partial charge in [0.05, 0.1) is 11.4 Å². The van der Waals surface area contributed by atoms with Crippen LogP contribution in [0.1, 0.15) is 27.5 Å². The third-order valence-electron chi connectivity index (χ3n) is 3.78. The monoisotopic (exact) mass is 407 g/mol. The van der Waals surface area contributed by atoms with Crippen LogP contribution >= 0.6 is 34.7 Å². The number of aryl methyl sites for hydroxylation is 2. The van der Waals surface area contributed by atoms with Gasteiger partial charge in [0.25, 0.3) is 0 Å². The first-order valence-electron chi connectivity index (χ1n) is 8.00. The normalized spacial score (nSPS) is 10.9. The van der Waals surface area contributed by atoms with Crippen molar-refractivity contribution in [2.45, 2.75) is 26.0 Å². The Bertz CT molecular complexity index is 888. The molecule has 8 heteroatoms. The average molecular weight is 408 g/mol. The van der Waals surface area contributed by atoms with Crippen molar-refractivity contribution in [3.63, 3.8) is 0 Å². The van der Waals surface area contributed by atoms with E-state index < -0.39 is 0 Å². The third kappa shape index (κ3) is 4.87. The molecule has 26 heavy (non-hydrogen) atoms. The number of hydrogen-bond acceptors (Lipinski definition) is 6. The number of rotatable bonds is 7. The molecule has 0 fully saturated rings. The van der Waals surface area contributed by atoms with Gasteiger partial charge < -0.3 is 9.84 Å². The molecule has 2 aromatic heterocycles. The molecule has 1 N–H and O–H groups in total. The van der Waals surface area contributed by atoms with Crippen LogP contribution in [0.4, 0.5) is 5.13 Å². The van der Waals surface area contributed by atoms with E-state index in [1.54, 1.807) is 6.20 Å². The van der Waals surface area contributed by atoms with Crippen LogP contribution in [0.25, 0.3) is 0 Å². The van der Waals surface area contributed by atoms with Crippen molar-refractivity contribution >= 4 is 45.7 Å². The van der Waals surface area contributed by atoms with E-state index in [-0.39, 0.29) is 5.91 Å². The first-order valence-corrected chi connectivity index (χ1v) is 10.4. The van der Waals surface area contributed by atoms with Gasteiger partial charge >= 0.3 is 0 Å². The van der Waals surface area contributed by atoms with Crippen LogP contribution in [0.15, 0.2) is 35.0 Å². The molecule has 0 atom stereocenters. The van der Waals surface area contributed by atoms with Gasteiger partial charge in [-0.1, -0.05) is 35.0 Å². The average Bonchev–Trinajstić information content (AvgIpc) is 3.17. The molecule has 0 aliphatic heterocycles. The maximum Gasteiger partial charge on any atom is 0.236 e. The van der Waals surface area contributed by atoms with Crippen LogP contribution in [-0.4, -0.2) is 21.8 Å².